The maximum Gasteiger partial charge on any atom is 0.224 e. The zero-order chi connectivity index (χ0) is 13.6. The molecule has 0 radical (unpaired) electrons. The van der Waals surface area contributed by atoms with E-state index < -0.39 is 11.4 Å². The van der Waals surface area contributed by atoms with Gasteiger partial charge in [0.25, 0.3) is 0 Å². The lowest BCUT2D eigenvalue weighted by molar-refractivity contribution is 0.0356. The van der Waals surface area contributed by atoms with Crippen LogP contribution < -0.4 is 10.6 Å². The van der Waals surface area contributed by atoms with Crippen LogP contribution in [0.25, 0.3) is 0 Å². The first-order valence-electron chi connectivity index (χ1n) is 5.64. The van der Waals surface area contributed by atoms with Crippen LogP contribution in [0, 0.1) is 5.82 Å². The Morgan fingerprint density at radius 2 is 2.28 bits per heavy atom. The summed E-state index contributed by atoms with van der Waals surface area (Å²) in [5.74, 6) is -0.181. The number of aliphatic hydroxyl groups is 1. The summed E-state index contributed by atoms with van der Waals surface area (Å²) in [6.45, 7) is 2.26. The molecule has 0 aromatic carbocycles. The quantitative estimate of drug-likeness (QED) is 0.673. The third-order valence-electron chi connectivity index (χ3n) is 2.45. The van der Waals surface area contributed by atoms with Gasteiger partial charge in [0.15, 0.2) is 11.6 Å². The second-order valence-corrected chi connectivity index (χ2v) is 4.23. The van der Waals surface area contributed by atoms with Crippen LogP contribution in [0.15, 0.2) is 6.20 Å². The van der Waals surface area contributed by atoms with Crippen LogP contribution in [0.3, 0.4) is 0 Å². The monoisotopic (exact) mass is 258 g/mol. The van der Waals surface area contributed by atoms with Crippen molar-refractivity contribution in [3.8, 4) is 0 Å². The van der Waals surface area contributed by atoms with Gasteiger partial charge in [-0.2, -0.15) is 4.98 Å². The zero-order valence-corrected chi connectivity index (χ0v) is 10.8. The first-order chi connectivity index (χ1) is 8.48. The van der Waals surface area contributed by atoms with Crippen LogP contribution in [-0.4, -0.2) is 48.0 Å². The summed E-state index contributed by atoms with van der Waals surface area (Å²) in [6.07, 6.45) is 1.52. The number of methoxy groups -OCH3 is 1. The van der Waals surface area contributed by atoms with E-state index in [9.17, 15) is 9.50 Å². The van der Waals surface area contributed by atoms with Gasteiger partial charge in [-0.15, -0.1) is 0 Å². The van der Waals surface area contributed by atoms with Gasteiger partial charge < -0.3 is 20.5 Å². The first-order valence-corrected chi connectivity index (χ1v) is 5.64. The molecule has 6 nitrogen and oxygen atoms in total. The van der Waals surface area contributed by atoms with Gasteiger partial charge >= 0.3 is 0 Å². The van der Waals surface area contributed by atoms with Crippen molar-refractivity contribution in [2.75, 3.05) is 37.9 Å². The highest BCUT2D eigenvalue weighted by molar-refractivity contribution is 5.41. The Hall–Kier alpha value is -1.47. The lowest BCUT2D eigenvalue weighted by Crippen LogP contribution is -2.35. The predicted octanol–water partition coefficient (Wildman–Crippen LogP) is 0.857. The number of aromatic nitrogens is 2. The molecule has 0 saturated carbocycles. The molecule has 0 aliphatic heterocycles. The average molecular weight is 258 g/mol. The standard InChI is InChI=1S/C11H19FN4O2/c1-11(17,4-5-18-3)7-15-9-8(12)6-14-10(13-2)16-9/h6,17H,4-5,7H2,1-3H3,(H2,13,14,15,16). The van der Waals surface area contributed by atoms with Gasteiger partial charge in [-0.3, -0.25) is 0 Å². The molecule has 0 bridgehead atoms. The van der Waals surface area contributed by atoms with E-state index in [-0.39, 0.29) is 12.4 Å². The number of halogens is 1. The summed E-state index contributed by atoms with van der Waals surface area (Å²) in [5, 5.41) is 15.5. The molecule has 0 aliphatic rings. The molecule has 1 heterocycles. The Labute approximate surface area is 106 Å². The van der Waals surface area contributed by atoms with Crippen molar-refractivity contribution in [1.29, 1.82) is 0 Å². The molecule has 0 fully saturated rings. The number of nitrogens with one attached hydrogen (secondary N) is 2. The maximum absolute atomic E-state index is 13.4. The highest BCUT2D eigenvalue weighted by atomic mass is 19.1. The summed E-state index contributed by atoms with van der Waals surface area (Å²) >= 11 is 0. The van der Waals surface area contributed by atoms with Crippen molar-refractivity contribution < 1.29 is 14.2 Å². The third kappa shape index (κ3) is 4.42. The third-order valence-corrected chi connectivity index (χ3v) is 2.45. The lowest BCUT2D eigenvalue weighted by Gasteiger charge is -2.23. The average Bonchev–Trinajstić information content (AvgIpc) is 2.35. The van der Waals surface area contributed by atoms with Crippen molar-refractivity contribution in [1.82, 2.24) is 9.97 Å². The molecule has 102 valence electrons. The number of ether oxygens (including phenoxy) is 1. The van der Waals surface area contributed by atoms with Crippen LogP contribution in [0.4, 0.5) is 16.2 Å². The summed E-state index contributed by atoms with van der Waals surface area (Å²) in [5.41, 5.74) is -0.993. The van der Waals surface area contributed by atoms with E-state index in [0.717, 1.165) is 6.20 Å². The molecule has 1 atom stereocenters. The molecule has 1 aromatic heterocycles. The summed E-state index contributed by atoms with van der Waals surface area (Å²) in [6, 6.07) is 0. The molecule has 0 amide bonds. The van der Waals surface area contributed by atoms with Crippen LogP contribution in [0.5, 0.6) is 0 Å². The zero-order valence-electron chi connectivity index (χ0n) is 10.8. The van der Waals surface area contributed by atoms with Gasteiger partial charge in [-0.25, -0.2) is 9.37 Å². The topological polar surface area (TPSA) is 79.3 Å². The molecule has 18 heavy (non-hydrogen) atoms. The van der Waals surface area contributed by atoms with Crippen molar-refractivity contribution in [3.05, 3.63) is 12.0 Å². The highest BCUT2D eigenvalue weighted by Crippen LogP contribution is 2.15. The molecule has 0 saturated heterocycles. The Morgan fingerprint density at radius 3 is 2.89 bits per heavy atom. The minimum absolute atomic E-state index is 0.0621. The van der Waals surface area contributed by atoms with Crippen LogP contribution in [-0.2, 0) is 4.74 Å². The number of hydrogen-bond acceptors (Lipinski definition) is 6. The molecule has 0 spiro atoms. The fourth-order valence-electron chi connectivity index (χ4n) is 1.30. The molecule has 7 heteroatoms. The van der Waals surface area contributed by atoms with Gasteiger partial charge in [0, 0.05) is 33.7 Å². The lowest BCUT2D eigenvalue weighted by atomic mass is 10.0. The second kappa shape index (κ2) is 6.46. The van der Waals surface area contributed by atoms with Crippen LogP contribution in [0.1, 0.15) is 13.3 Å². The van der Waals surface area contributed by atoms with E-state index in [1.807, 2.05) is 0 Å². The maximum atomic E-state index is 13.4. The molecule has 3 N–H and O–H groups in total. The van der Waals surface area contributed by atoms with Crippen LogP contribution >= 0.6 is 0 Å². The number of nitrogens with zero attached hydrogens (tertiary/aromatic N) is 2. The minimum Gasteiger partial charge on any atom is -0.388 e. The fourth-order valence-corrected chi connectivity index (χ4v) is 1.30. The van der Waals surface area contributed by atoms with E-state index in [1.54, 1.807) is 21.1 Å². The van der Waals surface area contributed by atoms with Crippen molar-refractivity contribution in [2.24, 2.45) is 0 Å². The first kappa shape index (κ1) is 14.6. The second-order valence-electron chi connectivity index (χ2n) is 4.23. The smallest absolute Gasteiger partial charge is 0.224 e. The Kier molecular flexibility index (Phi) is 5.24. The summed E-state index contributed by atoms with van der Waals surface area (Å²) in [4.78, 5) is 7.66. The predicted molar refractivity (Wildman–Crippen MR) is 67.1 cm³/mol. The number of rotatable bonds is 7. The van der Waals surface area contributed by atoms with E-state index >= 15 is 0 Å². The van der Waals surface area contributed by atoms with Gasteiger partial charge in [-0.05, 0) is 6.92 Å². The van der Waals surface area contributed by atoms with E-state index in [2.05, 4.69) is 20.6 Å². The van der Waals surface area contributed by atoms with Gasteiger partial charge in [-0.1, -0.05) is 0 Å². The Bertz CT molecular complexity index is 387. The summed E-state index contributed by atoms with van der Waals surface area (Å²) < 4.78 is 18.3. The Balaban J connectivity index is 2.62. The van der Waals surface area contributed by atoms with Gasteiger partial charge in [0.2, 0.25) is 5.95 Å². The number of hydrogen-bond donors (Lipinski definition) is 3. The van der Waals surface area contributed by atoms with Gasteiger partial charge in [0.1, 0.15) is 0 Å². The molecule has 0 aliphatic carbocycles. The van der Waals surface area contributed by atoms with E-state index in [4.69, 9.17) is 4.74 Å². The largest absolute Gasteiger partial charge is 0.388 e. The van der Waals surface area contributed by atoms with Crippen LogP contribution in [0.2, 0.25) is 0 Å². The van der Waals surface area contributed by atoms with Gasteiger partial charge in [0.05, 0.1) is 11.8 Å². The van der Waals surface area contributed by atoms with Crippen molar-refractivity contribution >= 4 is 11.8 Å². The minimum atomic E-state index is -0.993. The fraction of sp³-hybridized carbons (Fsp3) is 0.636. The summed E-state index contributed by atoms with van der Waals surface area (Å²) in [7, 11) is 3.21. The molecule has 1 unspecified atom stereocenters. The molecule has 1 rings (SSSR count). The molecule has 1 aromatic rings. The Morgan fingerprint density at radius 1 is 1.56 bits per heavy atom. The van der Waals surface area contributed by atoms with E-state index in [0.29, 0.717) is 19.0 Å². The molecular weight excluding hydrogens is 239 g/mol. The van der Waals surface area contributed by atoms with Crippen molar-refractivity contribution in [3.63, 3.8) is 0 Å². The molecular formula is C11H19FN4O2. The highest BCUT2D eigenvalue weighted by Gasteiger charge is 2.20. The van der Waals surface area contributed by atoms with Crippen molar-refractivity contribution in [2.45, 2.75) is 18.9 Å². The SMILES string of the molecule is CNc1ncc(F)c(NCC(C)(O)CCOC)n1. The number of anilines is 2. The van der Waals surface area contributed by atoms with E-state index in [1.165, 1.54) is 0 Å². The normalized spacial score (nSPS) is 14.1.